The predicted octanol–water partition coefficient (Wildman–Crippen LogP) is 3.58. The molecule has 0 aromatic heterocycles. The van der Waals surface area contributed by atoms with Crippen molar-refractivity contribution in [1.29, 1.82) is 0 Å². The Morgan fingerprint density at radius 1 is 1.16 bits per heavy atom. The summed E-state index contributed by atoms with van der Waals surface area (Å²) in [7, 11) is 1.64. The molecule has 1 aliphatic carbocycles. The van der Waals surface area contributed by atoms with Gasteiger partial charge in [-0.2, -0.15) is 0 Å². The van der Waals surface area contributed by atoms with E-state index >= 15 is 0 Å². The van der Waals surface area contributed by atoms with E-state index in [4.69, 9.17) is 9.47 Å². The molecule has 3 amide bonds. The molecule has 10 heteroatoms. The Morgan fingerprint density at radius 2 is 1.86 bits per heavy atom. The van der Waals surface area contributed by atoms with Crippen molar-refractivity contribution in [3.63, 3.8) is 0 Å². The van der Waals surface area contributed by atoms with Gasteiger partial charge in [-0.15, -0.1) is 0 Å². The van der Waals surface area contributed by atoms with E-state index in [1.54, 1.807) is 39.7 Å². The van der Waals surface area contributed by atoms with Crippen LogP contribution in [0.5, 0.6) is 5.75 Å². The lowest BCUT2D eigenvalue weighted by molar-refractivity contribution is -0.132. The monoisotopic (exact) mass is 606 g/mol. The number of piperidine rings is 1. The van der Waals surface area contributed by atoms with Crippen LogP contribution in [0.3, 0.4) is 0 Å². The normalized spacial score (nSPS) is 22.0. The summed E-state index contributed by atoms with van der Waals surface area (Å²) < 4.78 is 11.3. The minimum Gasteiger partial charge on any atom is -0.476 e. The summed E-state index contributed by atoms with van der Waals surface area (Å²) in [5, 5.41) is 17.2. The van der Waals surface area contributed by atoms with E-state index in [2.05, 4.69) is 10.6 Å². The molecule has 3 atom stereocenters. The van der Waals surface area contributed by atoms with Gasteiger partial charge in [0.1, 0.15) is 5.75 Å². The lowest BCUT2D eigenvalue weighted by Gasteiger charge is -2.40. The van der Waals surface area contributed by atoms with Crippen LogP contribution < -0.4 is 25.2 Å². The van der Waals surface area contributed by atoms with Crippen LogP contribution in [0.25, 0.3) is 0 Å². The fraction of sp³-hybridized carbons (Fsp3) is 0.559. The number of hydrogen-bond donors (Lipinski definition) is 3. The van der Waals surface area contributed by atoms with Gasteiger partial charge >= 0.3 is 0 Å². The number of carbonyl (C=O) groups is 3. The number of rotatable bonds is 11. The molecule has 0 radical (unpaired) electrons. The molecule has 10 nitrogen and oxygen atoms in total. The Labute approximate surface area is 260 Å². The zero-order chi connectivity index (χ0) is 31.6. The summed E-state index contributed by atoms with van der Waals surface area (Å²) in [4.78, 5) is 44.6. The summed E-state index contributed by atoms with van der Waals surface area (Å²) in [6.07, 6.45) is 2.87. The smallest absolute Gasteiger partial charge is 0.270 e. The zero-order valence-electron chi connectivity index (χ0n) is 26.5. The highest BCUT2D eigenvalue weighted by molar-refractivity contribution is 6.04. The molecule has 0 spiro atoms. The third kappa shape index (κ3) is 6.92. The third-order valence-corrected chi connectivity index (χ3v) is 8.71. The molecule has 238 valence electrons. The molecular weight excluding hydrogens is 560 g/mol. The number of carbonyl (C=O) groups excluding carboxylic acids is 3. The number of nitrogens with zero attached hydrogens (tertiary/aromatic N) is 2. The first kappa shape index (κ1) is 31.9. The van der Waals surface area contributed by atoms with E-state index in [1.165, 1.54) is 0 Å². The predicted molar refractivity (Wildman–Crippen MR) is 169 cm³/mol. The van der Waals surface area contributed by atoms with E-state index in [9.17, 15) is 19.5 Å². The lowest BCUT2D eigenvalue weighted by Crippen LogP contribution is -2.53. The molecule has 0 unspecified atom stereocenters. The first-order valence-electron chi connectivity index (χ1n) is 15.7. The Morgan fingerprint density at radius 3 is 2.52 bits per heavy atom. The molecular formula is C34H46N4O6. The number of anilines is 2. The summed E-state index contributed by atoms with van der Waals surface area (Å²) in [5.74, 6) is -0.581. The second-order valence-corrected chi connectivity index (χ2v) is 13.3. The van der Waals surface area contributed by atoms with Crippen LogP contribution >= 0.6 is 0 Å². The summed E-state index contributed by atoms with van der Waals surface area (Å²) in [6, 6.07) is 14.5. The van der Waals surface area contributed by atoms with Gasteiger partial charge < -0.3 is 35.0 Å². The Balaban J connectivity index is 1.34. The second-order valence-electron chi connectivity index (χ2n) is 13.3. The fourth-order valence-corrected chi connectivity index (χ4v) is 6.25. The van der Waals surface area contributed by atoms with Crippen LogP contribution in [-0.2, 0) is 19.1 Å². The van der Waals surface area contributed by atoms with Crippen molar-refractivity contribution in [3.05, 3.63) is 54.1 Å². The molecule has 2 aliphatic heterocycles. The van der Waals surface area contributed by atoms with E-state index < -0.39 is 29.1 Å². The van der Waals surface area contributed by atoms with Gasteiger partial charge in [-0.05, 0) is 77.1 Å². The molecule has 1 saturated heterocycles. The van der Waals surface area contributed by atoms with Gasteiger partial charge in [-0.3, -0.25) is 14.4 Å². The molecule has 2 aromatic carbocycles. The molecule has 1 saturated carbocycles. The highest BCUT2D eigenvalue weighted by atomic mass is 16.5. The van der Waals surface area contributed by atoms with E-state index in [0.29, 0.717) is 50.5 Å². The average Bonchev–Trinajstić information content (AvgIpc) is 3.83. The number of methoxy groups -OCH3 is 1. The summed E-state index contributed by atoms with van der Waals surface area (Å²) in [5.41, 5.74) is 0.0169. The number of nitrogens with one attached hydrogen (secondary N) is 2. The minimum absolute atomic E-state index is 0.0335. The Bertz CT molecular complexity index is 1350. The molecule has 2 aromatic rings. The second kappa shape index (κ2) is 12.9. The average molecular weight is 607 g/mol. The van der Waals surface area contributed by atoms with Gasteiger partial charge in [-0.1, -0.05) is 30.3 Å². The van der Waals surface area contributed by atoms with E-state index in [-0.39, 0.29) is 23.8 Å². The van der Waals surface area contributed by atoms with Gasteiger partial charge in [0, 0.05) is 45.1 Å². The van der Waals surface area contributed by atoms with Gasteiger partial charge in [0.15, 0.2) is 5.60 Å². The van der Waals surface area contributed by atoms with Crippen molar-refractivity contribution >= 4 is 29.1 Å². The number of benzene rings is 2. The quantitative estimate of drug-likeness (QED) is 0.335. The molecule has 44 heavy (non-hydrogen) atoms. The van der Waals surface area contributed by atoms with Crippen molar-refractivity contribution in [2.75, 3.05) is 43.2 Å². The van der Waals surface area contributed by atoms with Crippen molar-refractivity contribution < 1.29 is 29.0 Å². The zero-order valence-corrected chi connectivity index (χ0v) is 26.5. The van der Waals surface area contributed by atoms with Gasteiger partial charge in [0.2, 0.25) is 11.8 Å². The van der Waals surface area contributed by atoms with Crippen LogP contribution in [-0.4, -0.2) is 73.4 Å². The maximum absolute atomic E-state index is 14.2. The molecule has 5 rings (SSSR count). The molecule has 2 fully saturated rings. The first-order valence-corrected chi connectivity index (χ1v) is 15.7. The standard InChI is InChI=1S/C34H46N4O6/c1-33(2,42)29(22-10-7-6-8-11-22)36-30(39)23-18-24(21-35-20-23)31(40)38(25-12-13-25)26-14-15-28-27(19-26)37(16-9-17-43-5)32(41)34(3,4)44-28/h6-8,10-11,14-15,19,23-25,29,35,42H,9,12-13,16-18,20-21H2,1-5H3,(H,36,39)/t23-,24+,29-/m0/s1. The topological polar surface area (TPSA) is 120 Å². The summed E-state index contributed by atoms with van der Waals surface area (Å²) in [6.45, 7) is 8.83. The molecule has 3 aliphatic rings. The number of fused-ring (bicyclic) bond motifs is 1. The van der Waals surface area contributed by atoms with Crippen LogP contribution in [0, 0.1) is 11.8 Å². The maximum atomic E-state index is 14.2. The van der Waals surface area contributed by atoms with Gasteiger partial charge in [0.05, 0.1) is 29.2 Å². The Kier molecular flexibility index (Phi) is 9.34. The number of ether oxygens (including phenoxy) is 2. The fourth-order valence-electron chi connectivity index (χ4n) is 6.25. The highest BCUT2D eigenvalue weighted by Gasteiger charge is 2.43. The van der Waals surface area contributed by atoms with E-state index in [0.717, 1.165) is 24.1 Å². The molecule has 3 N–H and O–H groups in total. The highest BCUT2D eigenvalue weighted by Crippen LogP contribution is 2.43. The largest absolute Gasteiger partial charge is 0.476 e. The van der Waals surface area contributed by atoms with Crippen molar-refractivity contribution in [3.8, 4) is 5.75 Å². The molecule has 0 bridgehead atoms. The third-order valence-electron chi connectivity index (χ3n) is 8.71. The first-order chi connectivity index (χ1) is 20.9. The lowest BCUT2D eigenvalue weighted by atomic mass is 9.87. The summed E-state index contributed by atoms with van der Waals surface area (Å²) >= 11 is 0. The van der Waals surface area contributed by atoms with Crippen LogP contribution in [0.2, 0.25) is 0 Å². The van der Waals surface area contributed by atoms with E-state index in [1.807, 2.05) is 53.4 Å². The van der Waals surface area contributed by atoms with Crippen LogP contribution in [0.4, 0.5) is 11.4 Å². The SMILES string of the molecule is COCCCN1C(=O)C(C)(C)Oc2ccc(N(C(=O)[C@H]3CNC[C@@H](C(=O)N[C@@H](c4ccccc4)C(C)(C)O)C3)C3CC3)cc21. The van der Waals surface area contributed by atoms with Crippen molar-refractivity contribution in [2.45, 2.75) is 76.7 Å². The minimum atomic E-state index is -1.18. The van der Waals surface area contributed by atoms with Crippen molar-refractivity contribution in [2.24, 2.45) is 11.8 Å². The number of hydrogen-bond acceptors (Lipinski definition) is 7. The van der Waals surface area contributed by atoms with Crippen LogP contribution in [0.15, 0.2) is 48.5 Å². The van der Waals surface area contributed by atoms with Crippen LogP contribution in [0.1, 0.15) is 65.0 Å². The van der Waals surface area contributed by atoms with Crippen molar-refractivity contribution in [1.82, 2.24) is 10.6 Å². The molecule has 2 heterocycles. The van der Waals surface area contributed by atoms with Gasteiger partial charge in [0.25, 0.3) is 5.91 Å². The number of amides is 3. The Hall–Kier alpha value is -3.47. The maximum Gasteiger partial charge on any atom is 0.270 e. The number of aliphatic hydroxyl groups is 1. The van der Waals surface area contributed by atoms with Gasteiger partial charge in [-0.25, -0.2) is 0 Å².